The summed E-state index contributed by atoms with van der Waals surface area (Å²) in [4.78, 5) is 38.0. The van der Waals surface area contributed by atoms with Crippen molar-refractivity contribution in [2.75, 3.05) is 19.6 Å². The summed E-state index contributed by atoms with van der Waals surface area (Å²) < 4.78 is 0. The van der Waals surface area contributed by atoms with Crippen LogP contribution in [0.4, 0.5) is 5.69 Å². The monoisotopic (exact) mass is 465 g/mol. The second-order valence-corrected chi connectivity index (χ2v) is 8.28. The fourth-order valence-corrected chi connectivity index (χ4v) is 4.07. The van der Waals surface area contributed by atoms with Gasteiger partial charge in [0.15, 0.2) is 0 Å². The highest BCUT2D eigenvalue weighted by Gasteiger charge is 2.26. The Labute approximate surface area is 199 Å². The summed E-state index contributed by atoms with van der Waals surface area (Å²) in [5.41, 5.74) is 3.47. The highest BCUT2D eigenvalue weighted by Crippen LogP contribution is 2.17. The van der Waals surface area contributed by atoms with Gasteiger partial charge in [-0.3, -0.25) is 24.6 Å². The number of rotatable bonds is 11. The van der Waals surface area contributed by atoms with Gasteiger partial charge in [-0.15, -0.1) is 0 Å². The van der Waals surface area contributed by atoms with Gasteiger partial charge in [0.2, 0.25) is 0 Å². The first-order chi connectivity index (χ1) is 16.6. The topological polar surface area (TPSA) is 117 Å². The van der Waals surface area contributed by atoms with Crippen LogP contribution >= 0.6 is 0 Å². The summed E-state index contributed by atoms with van der Waals surface area (Å²) in [5.74, 6) is -0.319. The normalized spacial score (nSPS) is 15.1. The van der Waals surface area contributed by atoms with Gasteiger partial charge < -0.3 is 5.32 Å². The molecule has 0 spiro atoms. The summed E-state index contributed by atoms with van der Waals surface area (Å²) in [7, 11) is 0. The van der Waals surface area contributed by atoms with Gasteiger partial charge in [-0.1, -0.05) is 36.8 Å². The lowest BCUT2D eigenvalue weighted by atomic mass is 10.0. The Hall–Kier alpha value is -3.59. The molecule has 180 valence electrons. The van der Waals surface area contributed by atoms with E-state index in [2.05, 4.69) is 20.7 Å². The molecule has 1 fully saturated rings. The molecule has 2 N–H and O–H groups in total. The molecule has 1 saturated heterocycles. The molecule has 1 unspecified atom stereocenters. The molecule has 0 bridgehead atoms. The van der Waals surface area contributed by atoms with Crippen LogP contribution in [0.25, 0.3) is 0 Å². The molecule has 2 amide bonds. The second-order valence-electron chi connectivity index (χ2n) is 8.28. The molecule has 0 saturated carbocycles. The van der Waals surface area contributed by atoms with Crippen molar-refractivity contribution in [1.29, 1.82) is 0 Å². The number of carbonyl (C=O) groups excluding carboxylic acids is 2. The summed E-state index contributed by atoms with van der Waals surface area (Å²) >= 11 is 0. The third-order valence-electron chi connectivity index (χ3n) is 5.87. The van der Waals surface area contributed by atoms with E-state index < -0.39 is 4.92 Å². The van der Waals surface area contributed by atoms with Gasteiger partial charge in [-0.05, 0) is 63.4 Å². The number of nitro benzene ring substituents is 1. The molecule has 9 heteroatoms. The van der Waals surface area contributed by atoms with E-state index in [0.717, 1.165) is 45.2 Å². The standard InChI is InChI=1S/C25H31N5O4/c31-24(20-11-3-1-4-12-20)26-16-8-7-15-23(29-17-9-2-10-18-29)25(32)28-27-19-21-13-5-6-14-22(21)30(33)34/h1,3-6,11-14,19,23H,2,7-10,15-18H2,(H,26,31)(H,28,32)/b27-19+. The maximum absolute atomic E-state index is 12.9. The number of amides is 2. The number of hydrazone groups is 1. The Balaban J connectivity index is 1.52. The quantitative estimate of drug-likeness (QED) is 0.228. The Morgan fingerprint density at radius 2 is 1.74 bits per heavy atom. The van der Waals surface area contributed by atoms with Crippen LogP contribution < -0.4 is 10.7 Å². The molecule has 0 aromatic heterocycles. The molecular weight excluding hydrogens is 434 g/mol. The molecule has 1 heterocycles. The van der Waals surface area contributed by atoms with Gasteiger partial charge in [0, 0.05) is 18.2 Å². The van der Waals surface area contributed by atoms with Crippen molar-refractivity contribution in [3.8, 4) is 0 Å². The van der Waals surface area contributed by atoms with E-state index in [1.807, 2.05) is 18.2 Å². The summed E-state index contributed by atoms with van der Waals surface area (Å²) in [5, 5.41) is 18.1. The number of hydrogen-bond acceptors (Lipinski definition) is 6. The van der Waals surface area contributed by atoms with Crippen LogP contribution in [0.5, 0.6) is 0 Å². The van der Waals surface area contributed by atoms with Gasteiger partial charge in [-0.2, -0.15) is 5.10 Å². The van der Waals surface area contributed by atoms with E-state index >= 15 is 0 Å². The van der Waals surface area contributed by atoms with E-state index in [1.165, 1.54) is 12.3 Å². The first-order valence-corrected chi connectivity index (χ1v) is 11.7. The zero-order valence-corrected chi connectivity index (χ0v) is 19.2. The minimum Gasteiger partial charge on any atom is -0.352 e. The van der Waals surface area contributed by atoms with Crippen molar-refractivity contribution in [3.63, 3.8) is 0 Å². The Kier molecular flexibility index (Phi) is 9.72. The molecule has 3 rings (SSSR count). The van der Waals surface area contributed by atoms with E-state index in [9.17, 15) is 19.7 Å². The van der Waals surface area contributed by atoms with E-state index in [-0.39, 0.29) is 23.5 Å². The second kappa shape index (κ2) is 13.2. The third-order valence-corrected chi connectivity index (χ3v) is 5.87. The van der Waals surface area contributed by atoms with Gasteiger partial charge >= 0.3 is 0 Å². The van der Waals surface area contributed by atoms with Crippen molar-refractivity contribution in [2.45, 2.75) is 44.6 Å². The van der Waals surface area contributed by atoms with Crippen molar-refractivity contribution < 1.29 is 14.5 Å². The average molecular weight is 466 g/mol. The largest absolute Gasteiger partial charge is 0.352 e. The number of hydrogen-bond donors (Lipinski definition) is 2. The molecule has 0 aliphatic carbocycles. The summed E-state index contributed by atoms with van der Waals surface area (Å²) in [6.07, 6.45) is 6.75. The molecule has 9 nitrogen and oxygen atoms in total. The van der Waals surface area contributed by atoms with Crippen LogP contribution in [0.3, 0.4) is 0 Å². The van der Waals surface area contributed by atoms with Crippen LogP contribution in [0, 0.1) is 10.1 Å². The summed E-state index contributed by atoms with van der Waals surface area (Å²) in [6.45, 7) is 2.26. The van der Waals surface area contributed by atoms with E-state index in [1.54, 1.807) is 30.3 Å². The van der Waals surface area contributed by atoms with E-state index in [0.29, 0.717) is 24.1 Å². The number of para-hydroxylation sites is 1. The van der Waals surface area contributed by atoms with Gasteiger partial charge in [0.1, 0.15) is 0 Å². The lowest BCUT2D eigenvalue weighted by Gasteiger charge is -2.33. The Morgan fingerprint density at radius 3 is 2.47 bits per heavy atom. The van der Waals surface area contributed by atoms with Crippen LogP contribution in [0.1, 0.15) is 54.4 Å². The Bertz CT molecular complexity index is 990. The Morgan fingerprint density at radius 1 is 1.03 bits per heavy atom. The predicted molar refractivity (Wildman–Crippen MR) is 131 cm³/mol. The number of carbonyl (C=O) groups is 2. The maximum Gasteiger partial charge on any atom is 0.278 e. The highest BCUT2D eigenvalue weighted by atomic mass is 16.6. The number of benzene rings is 2. The highest BCUT2D eigenvalue weighted by molar-refractivity contribution is 5.94. The fraction of sp³-hybridized carbons (Fsp3) is 0.400. The molecule has 2 aromatic rings. The molecule has 34 heavy (non-hydrogen) atoms. The number of nitrogens with zero attached hydrogens (tertiary/aromatic N) is 3. The van der Waals surface area contributed by atoms with Crippen molar-refractivity contribution >= 4 is 23.7 Å². The number of nitro groups is 1. The minimum absolute atomic E-state index is 0.0642. The third kappa shape index (κ3) is 7.48. The molecule has 0 radical (unpaired) electrons. The lowest BCUT2D eigenvalue weighted by Crippen LogP contribution is -2.47. The zero-order valence-electron chi connectivity index (χ0n) is 19.2. The molecule has 1 atom stereocenters. The molecular formula is C25H31N5O4. The minimum atomic E-state index is -0.476. The van der Waals surface area contributed by atoms with Gasteiger partial charge in [-0.25, -0.2) is 5.43 Å². The first kappa shape index (κ1) is 25.0. The van der Waals surface area contributed by atoms with Crippen LogP contribution in [-0.4, -0.2) is 53.5 Å². The molecule has 1 aliphatic rings. The maximum atomic E-state index is 12.9. The van der Waals surface area contributed by atoms with Crippen LogP contribution in [-0.2, 0) is 4.79 Å². The number of nitrogens with one attached hydrogen (secondary N) is 2. The number of likely N-dealkylation sites (tertiary alicyclic amines) is 1. The fourth-order valence-electron chi connectivity index (χ4n) is 4.07. The van der Waals surface area contributed by atoms with Crippen LogP contribution in [0.2, 0.25) is 0 Å². The van der Waals surface area contributed by atoms with Gasteiger partial charge in [0.05, 0.1) is 22.7 Å². The first-order valence-electron chi connectivity index (χ1n) is 11.7. The number of piperidine rings is 1. The smallest absolute Gasteiger partial charge is 0.278 e. The number of unbranched alkanes of at least 4 members (excludes halogenated alkanes) is 1. The molecule has 2 aromatic carbocycles. The summed E-state index contributed by atoms with van der Waals surface area (Å²) in [6, 6.07) is 15.0. The van der Waals surface area contributed by atoms with Crippen LogP contribution in [0.15, 0.2) is 59.7 Å². The SMILES string of the molecule is O=C(NCCCCC(C(=O)N/N=C/c1ccccc1[N+](=O)[O-])N1CCCCC1)c1ccccc1. The average Bonchev–Trinajstić information content (AvgIpc) is 2.87. The van der Waals surface area contributed by atoms with E-state index in [4.69, 9.17) is 0 Å². The van der Waals surface area contributed by atoms with Crippen molar-refractivity contribution in [3.05, 3.63) is 75.8 Å². The molecule has 1 aliphatic heterocycles. The van der Waals surface area contributed by atoms with Crippen molar-refractivity contribution in [2.24, 2.45) is 5.10 Å². The predicted octanol–water partition coefficient (Wildman–Crippen LogP) is 3.50. The van der Waals surface area contributed by atoms with Crippen molar-refractivity contribution in [1.82, 2.24) is 15.6 Å². The van der Waals surface area contributed by atoms with Gasteiger partial charge in [0.25, 0.3) is 17.5 Å². The lowest BCUT2D eigenvalue weighted by molar-refractivity contribution is -0.385. The zero-order chi connectivity index (χ0) is 24.2.